The second kappa shape index (κ2) is 10.1. The van der Waals surface area contributed by atoms with Crippen LogP contribution in [0.2, 0.25) is 5.02 Å². The van der Waals surface area contributed by atoms with Crippen LogP contribution in [-0.2, 0) is 27.7 Å². The molecule has 1 saturated carbocycles. The molecule has 0 spiro atoms. The van der Waals surface area contributed by atoms with Crippen molar-refractivity contribution in [2.75, 3.05) is 11.9 Å². The Hall–Kier alpha value is -2.73. The van der Waals surface area contributed by atoms with Gasteiger partial charge in [0.15, 0.2) is 6.04 Å². The molecular weight excluding hydrogens is 548 g/mol. The summed E-state index contributed by atoms with van der Waals surface area (Å²) >= 11 is 5.86. The van der Waals surface area contributed by atoms with E-state index in [1.54, 1.807) is 6.07 Å². The highest BCUT2D eigenvalue weighted by molar-refractivity contribution is 7.91. The summed E-state index contributed by atoms with van der Waals surface area (Å²) in [5.41, 5.74) is 1.44. The van der Waals surface area contributed by atoms with Crippen LogP contribution in [0.3, 0.4) is 0 Å². The average molecular weight is 573 g/mol. The normalized spacial score (nSPS) is 23.1. The first kappa shape index (κ1) is 26.9. The zero-order valence-corrected chi connectivity index (χ0v) is 21.7. The number of halogens is 5. The quantitative estimate of drug-likeness (QED) is 0.378. The van der Waals surface area contributed by atoms with Crippen molar-refractivity contribution < 1.29 is 30.8 Å². The molecule has 2 heterocycles. The average Bonchev–Trinajstić information content (AvgIpc) is 3.64. The number of likely N-dealkylation sites (tertiary alicyclic amines) is 1. The molecule has 2 aliphatic carbocycles. The third-order valence-electron chi connectivity index (χ3n) is 7.12. The van der Waals surface area contributed by atoms with E-state index in [0.29, 0.717) is 41.8 Å². The van der Waals surface area contributed by atoms with Crippen molar-refractivity contribution in [3.8, 4) is 0 Å². The summed E-state index contributed by atoms with van der Waals surface area (Å²) in [4.78, 5) is 17.7. The lowest BCUT2D eigenvalue weighted by molar-refractivity contribution is -0.196. The molecule has 0 radical (unpaired) electrons. The number of hydrogen-bond donors (Lipinski definition) is 1. The number of anilines is 1. The van der Waals surface area contributed by atoms with Crippen molar-refractivity contribution in [3.05, 3.63) is 58.1 Å². The van der Waals surface area contributed by atoms with Crippen LogP contribution in [-0.4, -0.2) is 54.4 Å². The van der Waals surface area contributed by atoms with Crippen molar-refractivity contribution >= 4 is 39.4 Å². The van der Waals surface area contributed by atoms with Gasteiger partial charge in [-0.05, 0) is 67.9 Å². The molecule has 38 heavy (non-hydrogen) atoms. The van der Waals surface area contributed by atoms with Gasteiger partial charge in [0.1, 0.15) is 5.82 Å². The van der Waals surface area contributed by atoms with E-state index in [2.05, 4.69) is 14.7 Å². The third-order valence-corrected chi connectivity index (χ3v) is 9.14. The SMILES string of the molecule is O=C1C(/C=N/S(=O)(=O)C2CC2)CCCN1C(c1ccc(NC2Cc3ccc(Cl)c(F)c3C2)cn1)C(F)(F)F. The van der Waals surface area contributed by atoms with E-state index in [0.717, 1.165) is 11.8 Å². The van der Waals surface area contributed by atoms with Crippen LogP contribution in [0.4, 0.5) is 23.2 Å². The first-order valence-corrected chi connectivity index (χ1v) is 14.2. The van der Waals surface area contributed by atoms with Crippen molar-refractivity contribution in [2.24, 2.45) is 10.3 Å². The zero-order chi connectivity index (χ0) is 27.2. The predicted molar refractivity (Wildman–Crippen MR) is 134 cm³/mol. The van der Waals surface area contributed by atoms with Gasteiger partial charge in [-0.2, -0.15) is 17.6 Å². The minimum atomic E-state index is -4.80. The Morgan fingerprint density at radius 2 is 1.92 bits per heavy atom. The van der Waals surface area contributed by atoms with Gasteiger partial charge in [0, 0.05) is 18.8 Å². The standard InChI is InChI=1S/C25H25ClF4N4O3S/c26-20-7-3-14-10-17(11-19(14)22(20)27)33-16-4-8-21(31-13-16)23(25(28,29)30)34-9-1-2-15(24(34)35)12-32-38(36,37)18-5-6-18/h3-4,7-8,12-13,15,17-18,23,33H,1-2,5-6,9-11H2/b32-12+. The fourth-order valence-corrected chi connectivity index (χ4v) is 6.45. The summed E-state index contributed by atoms with van der Waals surface area (Å²) in [5, 5.41) is 2.65. The van der Waals surface area contributed by atoms with Crippen LogP contribution < -0.4 is 5.32 Å². The maximum atomic E-state index is 14.3. The van der Waals surface area contributed by atoms with Gasteiger partial charge in [0.25, 0.3) is 10.0 Å². The lowest BCUT2D eigenvalue weighted by atomic mass is 9.95. The van der Waals surface area contributed by atoms with E-state index in [4.69, 9.17) is 11.6 Å². The topological polar surface area (TPSA) is 91.7 Å². The predicted octanol–water partition coefficient (Wildman–Crippen LogP) is 4.86. The lowest BCUT2D eigenvalue weighted by Gasteiger charge is -2.37. The molecule has 1 aliphatic heterocycles. The molecule has 1 saturated heterocycles. The highest BCUT2D eigenvalue weighted by Crippen LogP contribution is 2.40. The largest absolute Gasteiger partial charge is 0.414 e. The van der Waals surface area contributed by atoms with E-state index in [9.17, 15) is 30.8 Å². The number of carbonyl (C=O) groups excluding carboxylic acids is 1. The summed E-state index contributed by atoms with van der Waals surface area (Å²) in [7, 11) is -3.74. The van der Waals surface area contributed by atoms with Gasteiger partial charge in [-0.25, -0.2) is 12.8 Å². The summed E-state index contributed by atoms with van der Waals surface area (Å²) in [5.74, 6) is -2.35. The third kappa shape index (κ3) is 5.51. The number of nitrogens with one attached hydrogen (secondary N) is 1. The summed E-state index contributed by atoms with van der Waals surface area (Å²) in [6.07, 6.45) is -0.195. The van der Waals surface area contributed by atoms with Gasteiger partial charge in [0.2, 0.25) is 5.91 Å². The van der Waals surface area contributed by atoms with Crippen LogP contribution >= 0.6 is 11.6 Å². The molecule has 3 aliphatic rings. The number of aromatic nitrogens is 1. The Bertz CT molecular complexity index is 1360. The second-order valence-corrected chi connectivity index (χ2v) is 12.2. The highest BCUT2D eigenvalue weighted by atomic mass is 35.5. The van der Waals surface area contributed by atoms with Crippen molar-refractivity contribution in [3.63, 3.8) is 0 Å². The van der Waals surface area contributed by atoms with E-state index in [-0.39, 0.29) is 36.1 Å². The van der Waals surface area contributed by atoms with Gasteiger partial charge < -0.3 is 10.2 Å². The number of fused-ring (bicyclic) bond motifs is 1. The smallest absolute Gasteiger partial charge is 0.380 e. The highest BCUT2D eigenvalue weighted by Gasteiger charge is 2.49. The molecular formula is C25H25ClF4N4O3S. The molecule has 3 unspecified atom stereocenters. The number of piperidine rings is 1. The van der Waals surface area contributed by atoms with Crippen LogP contribution in [0, 0.1) is 11.7 Å². The van der Waals surface area contributed by atoms with Crippen LogP contribution in [0.25, 0.3) is 0 Å². The molecule has 2 fully saturated rings. The first-order chi connectivity index (χ1) is 17.9. The molecule has 3 atom stereocenters. The second-order valence-electron chi connectivity index (χ2n) is 9.91. The van der Waals surface area contributed by atoms with Crippen LogP contribution in [0.15, 0.2) is 34.9 Å². The zero-order valence-electron chi connectivity index (χ0n) is 20.1. The Morgan fingerprint density at radius 3 is 2.58 bits per heavy atom. The Balaban J connectivity index is 1.30. The number of benzene rings is 1. The van der Waals surface area contributed by atoms with Gasteiger partial charge in [0.05, 0.1) is 33.8 Å². The minimum absolute atomic E-state index is 0.0407. The van der Waals surface area contributed by atoms with Gasteiger partial charge in [-0.1, -0.05) is 17.7 Å². The maximum Gasteiger partial charge on any atom is 0.414 e. The number of sulfonamides is 1. The molecule has 1 aromatic carbocycles. The molecule has 1 N–H and O–H groups in total. The fraction of sp³-hybridized carbons (Fsp3) is 0.480. The minimum Gasteiger partial charge on any atom is -0.380 e. The van der Waals surface area contributed by atoms with E-state index in [1.165, 1.54) is 24.4 Å². The molecule has 204 valence electrons. The monoisotopic (exact) mass is 572 g/mol. The Labute approximate surface area is 222 Å². The van der Waals surface area contributed by atoms with E-state index >= 15 is 0 Å². The van der Waals surface area contributed by atoms with Crippen molar-refractivity contribution in [1.82, 2.24) is 9.88 Å². The number of amides is 1. The van der Waals surface area contributed by atoms with E-state index < -0.39 is 45.1 Å². The number of rotatable bonds is 7. The number of hydrogen-bond acceptors (Lipinski definition) is 5. The van der Waals surface area contributed by atoms with E-state index in [1.807, 2.05) is 0 Å². The summed E-state index contributed by atoms with van der Waals surface area (Å²) in [6.45, 7) is -0.140. The molecule has 5 rings (SSSR count). The van der Waals surface area contributed by atoms with Gasteiger partial charge in [-0.3, -0.25) is 9.78 Å². The molecule has 1 aromatic heterocycles. The summed E-state index contributed by atoms with van der Waals surface area (Å²) < 4.78 is 84.6. The first-order valence-electron chi connectivity index (χ1n) is 12.3. The molecule has 2 aromatic rings. The lowest BCUT2D eigenvalue weighted by Crippen LogP contribution is -2.48. The molecule has 0 bridgehead atoms. The molecule has 13 heteroatoms. The van der Waals surface area contributed by atoms with Crippen molar-refractivity contribution in [2.45, 2.75) is 62.0 Å². The van der Waals surface area contributed by atoms with Crippen LogP contribution in [0.1, 0.15) is 48.5 Å². The maximum absolute atomic E-state index is 14.3. The fourth-order valence-electron chi connectivity index (χ4n) is 5.06. The Kier molecular flexibility index (Phi) is 7.14. The molecule has 1 amide bonds. The summed E-state index contributed by atoms with van der Waals surface area (Å²) in [6, 6.07) is 3.45. The van der Waals surface area contributed by atoms with Gasteiger partial charge >= 0.3 is 6.18 Å². The number of nitrogens with zero attached hydrogens (tertiary/aromatic N) is 3. The Morgan fingerprint density at radius 1 is 1.16 bits per heavy atom. The molecule has 7 nitrogen and oxygen atoms in total. The number of alkyl halides is 3. The number of pyridine rings is 1. The van der Waals surface area contributed by atoms with Gasteiger partial charge in [-0.15, -0.1) is 0 Å². The number of carbonyl (C=O) groups is 1. The van der Waals surface area contributed by atoms with Crippen molar-refractivity contribution in [1.29, 1.82) is 0 Å². The van der Waals surface area contributed by atoms with Crippen LogP contribution in [0.5, 0.6) is 0 Å².